The second-order valence-corrected chi connectivity index (χ2v) is 5.10. The van der Waals surface area contributed by atoms with Gasteiger partial charge >= 0.3 is 0 Å². The van der Waals surface area contributed by atoms with Crippen molar-refractivity contribution in [1.29, 1.82) is 0 Å². The van der Waals surface area contributed by atoms with E-state index < -0.39 is 0 Å². The summed E-state index contributed by atoms with van der Waals surface area (Å²) in [4.78, 5) is 17.8. The van der Waals surface area contributed by atoms with Gasteiger partial charge in [0, 0.05) is 13.1 Å². The van der Waals surface area contributed by atoms with Crippen LogP contribution in [0.15, 0.2) is 5.16 Å². The van der Waals surface area contributed by atoms with Gasteiger partial charge in [-0.05, 0) is 19.8 Å². The highest BCUT2D eigenvalue weighted by Gasteiger charge is 2.24. The van der Waals surface area contributed by atoms with Gasteiger partial charge in [-0.3, -0.25) is 4.79 Å². The molecule has 6 nitrogen and oxygen atoms in total. The Bertz CT molecular complexity index is 374. The van der Waals surface area contributed by atoms with Crippen LogP contribution in [0.2, 0.25) is 0 Å². The first-order valence-corrected chi connectivity index (χ1v) is 6.18. The Morgan fingerprint density at radius 3 is 2.81 bits per heavy atom. The number of amides is 1. The number of carbonyl (C=O) groups is 1. The summed E-state index contributed by atoms with van der Waals surface area (Å²) in [5, 5.41) is 6.82. The van der Waals surface area contributed by atoms with E-state index in [1.807, 2.05) is 11.8 Å². The lowest BCUT2D eigenvalue weighted by molar-refractivity contribution is -0.129. The standard InChI is InChI=1S/C9H15N5OS/c1-6(7(15)14-4-2-3-5-14)16-9-11-8(10)12-13-9/h6H,2-5H2,1H3,(H3,10,11,12,13)/t6-/m0/s1. The Balaban J connectivity index is 1.91. The zero-order chi connectivity index (χ0) is 11.5. The van der Waals surface area contributed by atoms with Gasteiger partial charge in [0.1, 0.15) is 0 Å². The summed E-state index contributed by atoms with van der Waals surface area (Å²) in [6, 6.07) is 0. The molecule has 0 spiro atoms. The van der Waals surface area contributed by atoms with Gasteiger partial charge in [-0.1, -0.05) is 11.8 Å². The van der Waals surface area contributed by atoms with Crippen molar-refractivity contribution in [3.8, 4) is 0 Å². The van der Waals surface area contributed by atoms with Crippen molar-refractivity contribution in [2.45, 2.75) is 30.2 Å². The molecule has 2 heterocycles. The summed E-state index contributed by atoms with van der Waals surface area (Å²) in [7, 11) is 0. The van der Waals surface area contributed by atoms with Gasteiger partial charge in [0.25, 0.3) is 0 Å². The molecule has 1 amide bonds. The van der Waals surface area contributed by atoms with Gasteiger partial charge in [-0.15, -0.1) is 5.10 Å². The molecule has 0 aliphatic carbocycles. The maximum absolute atomic E-state index is 12.0. The monoisotopic (exact) mass is 241 g/mol. The SMILES string of the molecule is C[C@H](Sc1n[nH]c(N)n1)C(=O)N1CCCC1. The molecule has 88 valence electrons. The number of aromatic nitrogens is 3. The Hall–Kier alpha value is -1.24. The number of likely N-dealkylation sites (tertiary alicyclic amines) is 1. The number of nitrogens with zero attached hydrogens (tertiary/aromatic N) is 3. The quantitative estimate of drug-likeness (QED) is 0.752. The summed E-state index contributed by atoms with van der Waals surface area (Å²) in [5.74, 6) is 0.439. The molecule has 3 N–H and O–H groups in total. The molecule has 2 rings (SSSR count). The molecule has 0 aromatic carbocycles. The Morgan fingerprint density at radius 1 is 1.56 bits per heavy atom. The topological polar surface area (TPSA) is 87.9 Å². The first-order chi connectivity index (χ1) is 7.66. The predicted molar refractivity (Wildman–Crippen MR) is 61.9 cm³/mol. The number of H-pyrrole nitrogens is 1. The third kappa shape index (κ3) is 2.46. The number of nitrogens with one attached hydrogen (secondary N) is 1. The maximum atomic E-state index is 12.0. The number of carbonyl (C=O) groups excluding carboxylic acids is 1. The highest BCUT2D eigenvalue weighted by atomic mass is 32.2. The van der Waals surface area contributed by atoms with E-state index in [0.29, 0.717) is 5.16 Å². The molecule has 16 heavy (non-hydrogen) atoms. The fraction of sp³-hybridized carbons (Fsp3) is 0.667. The van der Waals surface area contributed by atoms with Crippen molar-refractivity contribution in [3.63, 3.8) is 0 Å². The molecule has 1 aliphatic heterocycles. The third-order valence-electron chi connectivity index (χ3n) is 2.53. The van der Waals surface area contributed by atoms with Crippen molar-refractivity contribution in [3.05, 3.63) is 0 Å². The summed E-state index contributed by atoms with van der Waals surface area (Å²) in [6.07, 6.45) is 2.22. The average Bonchev–Trinajstić information content (AvgIpc) is 2.88. The number of thioether (sulfide) groups is 1. The fourth-order valence-electron chi connectivity index (χ4n) is 1.71. The number of aromatic amines is 1. The first kappa shape index (κ1) is 11.3. The number of hydrogen-bond donors (Lipinski definition) is 2. The summed E-state index contributed by atoms with van der Waals surface area (Å²) in [5.41, 5.74) is 5.41. The number of rotatable bonds is 3. The number of nitrogen functional groups attached to an aromatic ring is 1. The van der Waals surface area contributed by atoms with Gasteiger partial charge in [0.05, 0.1) is 5.25 Å². The number of hydrogen-bond acceptors (Lipinski definition) is 5. The van der Waals surface area contributed by atoms with Crippen molar-refractivity contribution >= 4 is 23.6 Å². The number of nitrogens with two attached hydrogens (primary N) is 1. The Kier molecular flexibility index (Phi) is 3.33. The molecule has 1 aromatic rings. The molecule has 7 heteroatoms. The molecule has 1 aliphatic rings. The molecule has 1 saturated heterocycles. The minimum atomic E-state index is -0.159. The number of anilines is 1. The van der Waals surface area contributed by atoms with Crippen molar-refractivity contribution in [2.75, 3.05) is 18.8 Å². The van der Waals surface area contributed by atoms with Gasteiger partial charge in [-0.25, -0.2) is 5.10 Å². The normalized spacial score (nSPS) is 17.7. The van der Waals surface area contributed by atoms with E-state index >= 15 is 0 Å². The van der Waals surface area contributed by atoms with Gasteiger partial charge in [0.15, 0.2) is 0 Å². The first-order valence-electron chi connectivity index (χ1n) is 5.30. The fourth-order valence-corrected chi connectivity index (χ4v) is 2.53. The van der Waals surface area contributed by atoms with E-state index in [4.69, 9.17) is 5.73 Å². The molecule has 0 saturated carbocycles. The highest BCUT2D eigenvalue weighted by Crippen LogP contribution is 2.22. The van der Waals surface area contributed by atoms with Gasteiger partial charge in [0.2, 0.25) is 17.0 Å². The molecule has 0 unspecified atom stereocenters. The molecule has 1 aromatic heterocycles. The summed E-state index contributed by atoms with van der Waals surface area (Å²) < 4.78 is 0. The lowest BCUT2D eigenvalue weighted by atomic mass is 10.4. The minimum Gasteiger partial charge on any atom is -0.368 e. The van der Waals surface area contributed by atoms with E-state index in [2.05, 4.69) is 15.2 Å². The van der Waals surface area contributed by atoms with Crippen LogP contribution < -0.4 is 5.73 Å². The zero-order valence-corrected chi connectivity index (χ0v) is 9.96. The second kappa shape index (κ2) is 4.73. The Labute approximate surface area is 98.0 Å². The van der Waals surface area contributed by atoms with E-state index in [0.717, 1.165) is 25.9 Å². The van der Waals surface area contributed by atoms with E-state index in [1.54, 1.807) is 0 Å². The largest absolute Gasteiger partial charge is 0.368 e. The molecule has 0 bridgehead atoms. The predicted octanol–water partition coefficient (Wildman–Crippen LogP) is 0.490. The van der Waals surface area contributed by atoms with Crippen molar-refractivity contribution < 1.29 is 4.79 Å². The van der Waals surface area contributed by atoms with Crippen LogP contribution in [0.25, 0.3) is 0 Å². The van der Waals surface area contributed by atoms with Crippen LogP contribution in [0.3, 0.4) is 0 Å². The zero-order valence-electron chi connectivity index (χ0n) is 9.14. The molecular weight excluding hydrogens is 226 g/mol. The molecule has 1 fully saturated rings. The highest BCUT2D eigenvalue weighted by molar-refractivity contribution is 8.00. The minimum absolute atomic E-state index is 0.158. The van der Waals surface area contributed by atoms with Crippen LogP contribution in [0.4, 0.5) is 5.95 Å². The third-order valence-corrected chi connectivity index (χ3v) is 3.48. The van der Waals surface area contributed by atoms with E-state index in [1.165, 1.54) is 11.8 Å². The molecule has 1 atom stereocenters. The second-order valence-electron chi connectivity index (χ2n) is 3.80. The van der Waals surface area contributed by atoms with E-state index in [9.17, 15) is 4.79 Å². The molecular formula is C9H15N5OS. The van der Waals surface area contributed by atoms with Crippen molar-refractivity contribution in [2.24, 2.45) is 0 Å². The average molecular weight is 241 g/mol. The smallest absolute Gasteiger partial charge is 0.235 e. The summed E-state index contributed by atoms with van der Waals surface area (Å²) in [6.45, 7) is 3.62. The van der Waals surface area contributed by atoms with Crippen LogP contribution in [0.1, 0.15) is 19.8 Å². The lowest BCUT2D eigenvalue weighted by Gasteiger charge is -2.18. The lowest BCUT2D eigenvalue weighted by Crippen LogP contribution is -2.34. The maximum Gasteiger partial charge on any atom is 0.235 e. The van der Waals surface area contributed by atoms with Crippen LogP contribution >= 0.6 is 11.8 Å². The summed E-state index contributed by atoms with van der Waals surface area (Å²) >= 11 is 1.33. The Morgan fingerprint density at radius 2 is 2.25 bits per heavy atom. The van der Waals surface area contributed by atoms with Crippen LogP contribution in [-0.4, -0.2) is 44.3 Å². The molecule has 0 radical (unpaired) electrons. The van der Waals surface area contributed by atoms with Crippen LogP contribution in [-0.2, 0) is 4.79 Å². The van der Waals surface area contributed by atoms with Crippen LogP contribution in [0, 0.1) is 0 Å². The van der Waals surface area contributed by atoms with Crippen LogP contribution in [0.5, 0.6) is 0 Å². The van der Waals surface area contributed by atoms with Gasteiger partial charge in [-0.2, -0.15) is 4.98 Å². The van der Waals surface area contributed by atoms with Crippen molar-refractivity contribution in [1.82, 2.24) is 20.1 Å². The van der Waals surface area contributed by atoms with E-state index in [-0.39, 0.29) is 17.1 Å². The van der Waals surface area contributed by atoms with Gasteiger partial charge < -0.3 is 10.6 Å².